The lowest BCUT2D eigenvalue weighted by atomic mass is 10.0. The number of benzene rings is 2. The molecule has 4 N–H and O–H groups in total. The van der Waals surface area contributed by atoms with E-state index in [-0.39, 0.29) is 12.3 Å². The maximum atomic E-state index is 14.0. The predicted molar refractivity (Wildman–Crippen MR) is 194 cm³/mol. The number of primary amides is 1. The van der Waals surface area contributed by atoms with Gasteiger partial charge in [-0.1, -0.05) is 37.8 Å². The number of rotatable bonds is 12. The van der Waals surface area contributed by atoms with Crippen molar-refractivity contribution in [3.05, 3.63) is 95.1 Å². The summed E-state index contributed by atoms with van der Waals surface area (Å²) in [6.07, 6.45) is 5.27. The number of para-hydroxylation sites is 1. The van der Waals surface area contributed by atoms with Crippen molar-refractivity contribution in [2.24, 2.45) is 5.73 Å². The standard InChI is InChI=1S/C35H41N9O4Si/c1-22-14-15-43-30(22)34(45)44(25-10-8-7-9-11-25)32(41-43)23(2)39-31-29-27(26-13-12-24(40-35(36)46)18-28(26)47-3)19-42(33(29)38-20-37-31)21-48-16-17-49(4,5)6/h7-15,18-20,23H,16-17,21H2,1-6H3,(H3,36,40,46)(H,37,38,39). The van der Waals surface area contributed by atoms with Gasteiger partial charge in [-0.3, -0.25) is 9.36 Å². The molecule has 0 bridgehead atoms. The van der Waals surface area contributed by atoms with Crippen LogP contribution in [0.15, 0.2) is 78.1 Å². The molecular weight excluding hydrogens is 639 g/mol. The van der Waals surface area contributed by atoms with E-state index in [1.54, 1.807) is 34.5 Å². The average molecular weight is 680 g/mol. The van der Waals surface area contributed by atoms with E-state index >= 15 is 0 Å². The van der Waals surface area contributed by atoms with Gasteiger partial charge < -0.3 is 30.4 Å². The number of nitrogens with zero attached hydrogens (tertiary/aromatic N) is 6. The van der Waals surface area contributed by atoms with E-state index in [9.17, 15) is 9.59 Å². The van der Waals surface area contributed by atoms with Crippen LogP contribution in [0.2, 0.25) is 25.7 Å². The summed E-state index contributed by atoms with van der Waals surface area (Å²) in [5.74, 6) is 1.55. The van der Waals surface area contributed by atoms with Crippen LogP contribution >= 0.6 is 0 Å². The molecule has 14 heteroatoms. The lowest BCUT2D eigenvalue weighted by Gasteiger charge is -2.20. The second kappa shape index (κ2) is 13.6. The molecule has 13 nitrogen and oxygen atoms in total. The lowest BCUT2D eigenvalue weighted by molar-refractivity contribution is 0.0899. The second-order valence-electron chi connectivity index (χ2n) is 13.2. The third-order valence-electron chi connectivity index (χ3n) is 8.31. The number of nitrogens with two attached hydrogens (primary N) is 1. The molecule has 0 fully saturated rings. The van der Waals surface area contributed by atoms with E-state index in [2.05, 4.69) is 35.3 Å². The highest BCUT2D eigenvalue weighted by atomic mass is 28.3. The first-order chi connectivity index (χ1) is 23.4. The number of ether oxygens (including phenoxy) is 2. The predicted octanol–water partition coefficient (Wildman–Crippen LogP) is 6.19. The highest BCUT2D eigenvalue weighted by molar-refractivity contribution is 6.76. The normalized spacial score (nSPS) is 12.4. The summed E-state index contributed by atoms with van der Waals surface area (Å²) < 4.78 is 17.2. The molecule has 0 aliphatic heterocycles. The Kier molecular flexibility index (Phi) is 9.25. The summed E-state index contributed by atoms with van der Waals surface area (Å²) >= 11 is 0. The zero-order chi connectivity index (χ0) is 34.9. The summed E-state index contributed by atoms with van der Waals surface area (Å²) in [4.78, 5) is 34.9. The number of carbonyl (C=O) groups excluding carboxylic acids is 1. The van der Waals surface area contributed by atoms with Crippen LogP contribution in [-0.2, 0) is 11.5 Å². The number of methoxy groups -OCH3 is 1. The Bertz CT molecular complexity index is 2200. The number of urea groups is 1. The third-order valence-corrected chi connectivity index (χ3v) is 10.0. The van der Waals surface area contributed by atoms with Crippen LogP contribution in [0.3, 0.4) is 0 Å². The van der Waals surface area contributed by atoms with Crippen LogP contribution in [0.5, 0.6) is 5.75 Å². The first-order valence-electron chi connectivity index (χ1n) is 16.0. The van der Waals surface area contributed by atoms with Crippen LogP contribution in [-0.4, -0.2) is 56.5 Å². The van der Waals surface area contributed by atoms with Crippen LogP contribution in [0.1, 0.15) is 24.4 Å². The number of carbonyl (C=O) groups is 1. The molecule has 4 aromatic heterocycles. The number of aryl methyl sites for hydroxylation is 1. The van der Waals surface area contributed by atoms with Crippen molar-refractivity contribution in [2.75, 3.05) is 24.4 Å². The van der Waals surface area contributed by atoms with E-state index < -0.39 is 20.1 Å². The molecule has 0 saturated heterocycles. The van der Waals surface area contributed by atoms with Gasteiger partial charge in [0.2, 0.25) is 0 Å². The number of anilines is 2. The van der Waals surface area contributed by atoms with Crippen molar-refractivity contribution in [1.82, 2.24) is 28.7 Å². The van der Waals surface area contributed by atoms with Gasteiger partial charge in [0.1, 0.15) is 35.8 Å². The summed E-state index contributed by atoms with van der Waals surface area (Å²) in [6, 6.07) is 16.6. The topological polar surface area (TPSA) is 156 Å². The smallest absolute Gasteiger partial charge is 0.316 e. The Morgan fingerprint density at radius 3 is 2.55 bits per heavy atom. The Labute approximate surface area is 284 Å². The third kappa shape index (κ3) is 6.91. The van der Waals surface area contributed by atoms with E-state index in [1.807, 2.05) is 67.1 Å². The molecule has 49 heavy (non-hydrogen) atoms. The van der Waals surface area contributed by atoms with Gasteiger partial charge in [0, 0.05) is 50.0 Å². The highest BCUT2D eigenvalue weighted by Gasteiger charge is 2.24. The number of hydrogen-bond donors (Lipinski definition) is 3. The number of aromatic nitrogens is 6. The number of fused-ring (bicyclic) bond motifs is 2. The SMILES string of the molecule is COc1cc(NC(N)=O)ccc1-c1cn(COCC[Si](C)(C)C)c2ncnc(NC(C)c3nn4ccc(C)c4c(=O)n3-c3ccccc3)c12. The molecule has 0 aliphatic rings. The molecule has 0 saturated carbocycles. The number of nitrogens with one attached hydrogen (secondary N) is 2. The zero-order valence-corrected chi connectivity index (χ0v) is 29.5. The minimum Gasteiger partial charge on any atom is -0.496 e. The molecular formula is C35H41N9O4Si. The van der Waals surface area contributed by atoms with Crippen LogP contribution < -0.4 is 26.7 Å². The molecule has 1 atom stereocenters. The Morgan fingerprint density at radius 2 is 1.84 bits per heavy atom. The van der Waals surface area contributed by atoms with Crippen LogP contribution in [0.25, 0.3) is 33.4 Å². The molecule has 0 radical (unpaired) electrons. The summed E-state index contributed by atoms with van der Waals surface area (Å²) in [6.45, 7) is 11.7. The molecule has 0 aliphatic carbocycles. The largest absolute Gasteiger partial charge is 0.496 e. The first-order valence-corrected chi connectivity index (χ1v) is 19.7. The molecule has 6 aromatic rings. The molecule has 2 amide bonds. The minimum absolute atomic E-state index is 0.170. The maximum Gasteiger partial charge on any atom is 0.316 e. The van der Waals surface area contributed by atoms with Gasteiger partial charge in [0.15, 0.2) is 5.82 Å². The van der Waals surface area contributed by atoms with Crippen LogP contribution in [0, 0.1) is 6.92 Å². The van der Waals surface area contributed by atoms with Gasteiger partial charge in [-0.05, 0) is 55.8 Å². The molecule has 2 aromatic carbocycles. The molecule has 1 unspecified atom stereocenters. The van der Waals surface area contributed by atoms with Gasteiger partial charge in [-0.25, -0.2) is 19.3 Å². The Hall–Kier alpha value is -5.47. The van der Waals surface area contributed by atoms with E-state index in [0.717, 1.165) is 28.1 Å². The van der Waals surface area contributed by atoms with Crippen molar-refractivity contribution in [1.29, 1.82) is 0 Å². The second-order valence-corrected chi connectivity index (χ2v) is 18.8. The van der Waals surface area contributed by atoms with E-state index in [1.165, 1.54) is 6.33 Å². The Morgan fingerprint density at radius 1 is 1.06 bits per heavy atom. The average Bonchev–Trinajstić information content (AvgIpc) is 3.63. The molecule has 6 rings (SSSR count). The monoisotopic (exact) mass is 679 g/mol. The van der Waals surface area contributed by atoms with Crippen LogP contribution in [0.4, 0.5) is 16.3 Å². The molecule has 4 heterocycles. The van der Waals surface area contributed by atoms with Gasteiger partial charge in [-0.15, -0.1) is 0 Å². The number of hydrogen-bond acceptors (Lipinski definition) is 8. The fourth-order valence-corrected chi connectivity index (χ4v) is 6.58. The van der Waals surface area contributed by atoms with Gasteiger partial charge in [-0.2, -0.15) is 5.10 Å². The van der Waals surface area contributed by atoms with Crippen molar-refractivity contribution in [2.45, 2.75) is 52.3 Å². The maximum absolute atomic E-state index is 14.0. The molecule has 0 spiro atoms. The van der Waals surface area contributed by atoms with Gasteiger partial charge in [0.25, 0.3) is 5.56 Å². The summed E-state index contributed by atoms with van der Waals surface area (Å²) in [5.41, 5.74) is 9.94. The fraction of sp³-hybridized carbons (Fsp3) is 0.286. The van der Waals surface area contributed by atoms with E-state index in [0.29, 0.717) is 46.5 Å². The number of amides is 2. The van der Waals surface area contributed by atoms with E-state index in [4.69, 9.17) is 25.3 Å². The van der Waals surface area contributed by atoms with Crippen molar-refractivity contribution >= 4 is 42.2 Å². The first kappa shape index (κ1) is 33.4. The molecule has 254 valence electrons. The highest BCUT2D eigenvalue weighted by Crippen LogP contribution is 2.40. The summed E-state index contributed by atoms with van der Waals surface area (Å²) in [5, 5.41) is 11.8. The van der Waals surface area contributed by atoms with Crippen molar-refractivity contribution < 1.29 is 14.3 Å². The Balaban J connectivity index is 1.48. The quantitative estimate of drug-likeness (QED) is 0.102. The zero-order valence-electron chi connectivity index (χ0n) is 28.5. The lowest BCUT2D eigenvalue weighted by Crippen LogP contribution is -2.29. The van der Waals surface area contributed by atoms with Crippen molar-refractivity contribution in [3.8, 4) is 22.6 Å². The van der Waals surface area contributed by atoms with Gasteiger partial charge in [0.05, 0.1) is 24.2 Å². The minimum atomic E-state index is -1.29. The fourth-order valence-electron chi connectivity index (χ4n) is 5.82. The van der Waals surface area contributed by atoms with Gasteiger partial charge >= 0.3 is 6.03 Å². The summed E-state index contributed by atoms with van der Waals surface area (Å²) in [7, 11) is 0.274. The van der Waals surface area contributed by atoms with Crippen molar-refractivity contribution in [3.63, 3.8) is 0 Å².